The first kappa shape index (κ1) is 16.9. The van der Waals surface area contributed by atoms with Crippen LogP contribution in [-0.2, 0) is 4.79 Å². The second-order valence-corrected chi connectivity index (χ2v) is 4.82. The molecule has 8 heteroatoms. The highest BCUT2D eigenvalue weighted by Gasteiger charge is 2.17. The highest BCUT2D eigenvalue weighted by molar-refractivity contribution is 6.10. The van der Waals surface area contributed by atoms with Crippen molar-refractivity contribution < 1.29 is 19.2 Å². The van der Waals surface area contributed by atoms with Crippen LogP contribution in [0.2, 0.25) is 0 Å². The Morgan fingerprint density at radius 3 is 2.42 bits per heavy atom. The number of methoxy groups -OCH3 is 1. The van der Waals surface area contributed by atoms with Gasteiger partial charge in [0.25, 0.3) is 11.6 Å². The van der Waals surface area contributed by atoms with Gasteiger partial charge in [-0.1, -0.05) is 12.1 Å². The molecule has 2 aromatic carbocycles. The maximum atomic E-state index is 12.5. The molecule has 0 unspecified atom stereocenters. The maximum absolute atomic E-state index is 12.5. The molecule has 0 spiro atoms. The summed E-state index contributed by atoms with van der Waals surface area (Å²) in [5.74, 6) is -0.563. The second kappa shape index (κ2) is 7.23. The van der Waals surface area contributed by atoms with Crippen molar-refractivity contribution >= 4 is 28.9 Å². The Morgan fingerprint density at radius 2 is 1.79 bits per heavy atom. The van der Waals surface area contributed by atoms with Crippen LogP contribution in [-0.4, -0.2) is 23.8 Å². The van der Waals surface area contributed by atoms with Crippen molar-refractivity contribution in [1.29, 1.82) is 0 Å². The number of nitrogens with zero attached hydrogens (tertiary/aromatic N) is 1. The molecular weight excluding hydrogens is 314 g/mol. The average molecular weight is 329 g/mol. The molecule has 2 amide bonds. The van der Waals surface area contributed by atoms with Crippen molar-refractivity contribution in [3.8, 4) is 5.75 Å². The number of ether oxygens (including phenoxy) is 1. The predicted molar refractivity (Wildman–Crippen MR) is 88.3 cm³/mol. The topological polar surface area (TPSA) is 111 Å². The molecule has 24 heavy (non-hydrogen) atoms. The van der Waals surface area contributed by atoms with E-state index in [1.54, 1.807) is 18.2 Å². The lowest BCUT2D eigenvalue weighted by atomic mass is 10.1. The molecule has 124 valence electrons. The summed E-state index contributed by atoms with van der Waals surface area (Å²) in [5.41, 5.74) is 0.545. The summed E-state index contributed by atoms with van der Waals surface area (Å²) in [6.07, 6.45) is 0. The molecule has 2 rings (SSSR count). The molecule has 0 heterocycles. The lowest BCUT2D eigenvalue weighted by molar-refractivity contribution is -0.384. The van der Waals surface area contributed by atoms with Crippen molar-refractivity contribution in [1.82, 2.24) is 0 Å². The minimum atomic E-state index is -0.569. The Hall–Kier alpha value is -3.42. The summed E-state index contributed by atoms with van der Waals surface area (Å²) < 4.78 is 5.10. The molecule has 0 saturated heterocycles. The van der Waals surface area contributed by atoms with Crippen molar-refractivity contribution in [2.45, 2.75) is 6.92 Å². The van der Waals surface area contributed by atoms with Crippen LogP contribution in [0.1, 0.15) is 17.3 Å². The number of anilines is 2. The third kappa shape index (κ3) is 3.86. The summed E-state index contributed by atoms with van der Waals surface area (Å²) in [6.45, 7) is 1.33. The Labute approximate surface area is 137 Å². The molecule has 2 aromatic rings. The Morgan fingerprint density at radius 1 is 1.08 bits per heavy atom. The van der Waals surface area contributed by atoms with E-state index in [0.29, 0.717) is 5.69 Å². The van der Waals surface area contributed by atoms with E-state index in [9.17, 15) is 19.7 Å². The molecule has 2 N–H and O–H groups in total. The number of nitrogens with one attached hydrogen (secondary N) is 2. The third-order valence-electron chi connectivity index (χ3n) is 3.12. The van der Waals surface area contributed by atoms with E-state index in [1.165, 1.54) is 38.3 Å². The fraction of sp³-hybridized carbons (Fsp3) is 0.125. The van der Waals surface area contributed by atoms with Crippen LogP contribution >= 0.6 is 0 Å². The standard InChI is InChI=1S/C16H15N3O5/c1-10(20)17-13-6-4-3-5-12(13)16(21)18-14-9-11(19(22)23)7-8-15(14)24-2/h3-9H,1-2H3,(H,17,20)(H,18,21). The largest absolute Gasteiger partial charge is 0.495 e. The number of carbonyl (C=O) groups excluding carboxylic acids is 2. The van der Waals surface area contributed by atoms with E-state index < -0.39 is 10.8 Å². The monoisotopic (exact) mass is 329 g/mol. The van der Waals surface area contributed by atoms with Crippen LogP contribution in [0.4, 0.5) is 17.1 Å². The zero-order chi connectivity index (χ0) is 17.7. The summed E-state index contributed by atoms with van der Waals surface area (Å²) in [6, 6.07) is 10.3. The number of para-hydroxylation sites is 1. The van der Waals surface area contributed by atoms with Gasteiger partial charge in [-0.3, -0.25) is 19.7 Å². The molecule has 0 radical (unpaired) electrons. The van der Waals surface area contributed by atoms with Gasteiger partial charge in [0.1, 0.15) is 5.75 Å². The maximum Gasteiger partial charge on any atom is 0.271 e. The predicted octanol–water partition coefficient (Wildman–Crippen LogP) is 2.81. The number of hydrogen-bond acceptors (Lipinski definition) is 5. The van der Waals surface area contributed by atoms with Crippen molar-refractivity contribution in [3.63, 3.8) is 0 Å². The SMILES string of the molecule is COc1ccc([N+](=O)[O-])cc1NC(=O)c1ccccc1NC(C)=O. The lowest BCUT2D eigenvalue weighted by Gasteiger charge is -2.12. The van der Waals surface area contributed by atoms with Crippen molar-refractivity contribution in [2.75, 3.05) is 17.7 Å². The van der Waals surface area contributed by atoms with Gasteiger partial charge in [-0.25, -0.2) is 0 Å². The minimum absolute atomic E-state index is 0.161. The zero-order valence-electron chi connectivity index (χ0n) is 13.0. The number of nitro benzene ring substituents is 1. The van der Waals surface area contributed by atoms with Gasteiger partial charge in [0, 0.05) is 19.1 Å². The first-order valence-corrected chi connectivity index (χ1v) is 6.92. The molecule has 0 aliphatic carbocycles. The number of hydrogen-bond donors (Lipinski definition) is 2. The number of nitro groups is 1. The number of rotatable bonds is 5. The van der Waals surface area contributed by atoms with Gasteiger partial charge in [-0.05, 0) is 18.2 Å². The Bertz CT molecular complexity index is 804. The highest BCUT2D eigenvalue weighted by atomic mass is 16.6. The van der Waals surface area contributed by atoms with Crippen molar-refractivity contribution in [3.05, 3.63) is 58.1 Å². The van der Waals surface area contributed by atoms with Gasteiger partial charge in [0.05, 0.1) is 29.0 Å². The summed E-state index contributed by atoms with van der Waals surface area (Å²) in [7, 11) is 1.39. The molecule has 0 fully saturated rings. The van der Waals surface area contributed by atoms with E-state index in [2.05, 4.69) is 10.6 Å². The third-order valence-corrected chi connectivity index (χ3v) is 3.12. The summed E-state index contributed by atoms with van der Waals surface area (Å²) in [4.78, 5) is 34.0. The zero-order valence-corrected chi connectivity index (χ0v) is 13.0. The van der Waals surface area contributed by atoms with Crippen LogP contribution in [0, 0.1) is 10.1 Å². The molecule has 0 aliphatic heterocycles. The van der Waals surface area contributed by atoms with Gasteiger partial charge in [-0.2, -0.15) is 0 Å². The smallest absolute Gasteiger partial charge is 0.271 e. The second-order valence-electron chi connectivity index (χ2n) is 4.82. The summed E-state index contributed by atoms with van der Waals surface area (Å²) in [5, 5.41) is 16.0. The van der Waals surface area contributed by atoms with E-state index in [1.807, 2.05) is 0 Å². The van der Waals surface area contributed by atoms with Crippen LogP contribution in [0.25, 0.3) is 0 Å². The van der Waals surface area contributed by atoms with E-state index in [0.717, 1.165) is 0 Å². The molecule has 0 saturated carbocycles. The molecule has 0 atom stereocenters. The van der Waals surface area contributed by atoms with Gasteiger partial charge in [-0.15, -0.1) is 0 Å². The minimum Gasteiger partial charge on any atom is -0.495 e. The number of amides is 2. The van der Waals surface area contributed by atoms with E-state index in [4.69, 9.17) is 4.74 Å². The Balaban J connectivity index is 2.35. The van der Waals surface area contributed by atoms with E-state index in [-0.39, 0.29) is 28.6 Å². The fourth-order valence-corrected chi connectivity index (χ4v) is 2.08. The first-order chi connectivity index (χ1) is 11.4. The molecule has 0 aliphatic rings. The normalized spacial score (nSPS) is 9.92. The quantitative estimate of drug-likeness (QED) is 0.647. The van der Waals surface area contributed by atoms with Crippen LogP contribution < -0.4 is 15.4 Å². The lowest BCUT2D eigenvalue weighted by Crippen LogP contribution is -2.17. The molecular formula is C16H15N3O5. The molecule has 0 aromatic heterocycles. The van der Waals surface area contributed by atoms with Gasteiger partial charge < -0.3 is 15.4 Å². The number of non-ortho nitro benzene ring substituents is 1. The van der Waals surface area contributed by atoms with E-state index >= 15 is 0 Å². The van der Waals surface area contributed by atoms with Gasteiger partial charge in [0.2, 0.25) is 5.91 Å². The van der Waals surface area contributed by atoms with Crippen molar-refractivity contribution in [2.24, 2.45) is 0 Å². The van der Waals surface area contributed by atoms with Gasteiger partial charge in [0.15, 0.2) is 0 Å². The molecule has 0 bridgehead atoms. The Kier molecular flexibility index (Phi) is 5.10. The fourth-order valence-electron chi connectivity index (χ4n) is 2.08. The van der Waals surface area contributed by atoms with Crippen LogP contribution in [0.3, 0.4) is 0 Å². The number of benzene rings is 2. The van der Waals surface area contributed by atoms with Crippen LogP contribution in [0.15, 0.2) is 42.5 Å². The summed E-state index contributed by atoms with van der Waals surface area (Å²) >= 11 is 0. The molecule has 8 nitrogen and oxygen atoms in total. The first-order valence-electron chi connectivity index (χ1n) is 6.92. The van der Waals surface area contributed by atoms with Crippen LogP contribution in [0.5, 0.6) is 5.75 Å². The van der Waals surface area contributed by atoms with Gasteiger partial charge >= 0.3 is 0 Å². The highest BCUT2D eigenvalue weighted by Crippen LogP contribution is 2.29. The number of carbonyl (C=O) groups is 2. The average Bonchev–Trinajstić information content (AvgIpc) is 2.54.